The average molecular weight is 246 g/mol. The molecule has 0 aliphatic heterocycles. The predicted octanol–water partition coefficient (Wildman–Crippen LogP) is 3.42. The molecule has 18 heavy (non-hydrogen) atoms. The Morgan fingerprint density at radius 1 is 1.17 bits per heavy atom. The van der Waals surface area contributed by atoms with Crippen LogP contribution in [0.2, 0.25) is 0 Å². The van der Waals surface area contributed by atoms with E-state index in [-0.39, 0.29) is 0 Å². The fourth-order valence-corrected chi connectivity index (χ4v) is 3.08. The zero-order chi connectivity index (χ0) is 12.8. The third-order valence-electron chi connectivity index (χ3n) is 4.03. The van der Waals surface area contributed by atoms with Crippen molar-refractivity contribution >= 4 is 5.69 Å². The molecule has 0 saturated heterocycles. The summed E-state index contributed by atoms with van der Waals surface area (Å²) in [5, 5.41) is 3.26. The molecule has 1 aliphatic rings. The molecule has 0 radical (unpaired) electrons. The van der Waals surface area contributed by atoms with Crippen molar-refractivity contribution in [3.05, 3.63) is 29.8 Å². The van der Waals surface area contributed by atoms with Crippen molar-refractivity contribution in [1.29, 1.82) is 0 Å². The Kier molecular flexibility index (Phi) is 5.06. The standard InChI is InChI=1S/C16H26N2/c1-17-12-15-10-6-7-11-16(15)18(2)13-14-8-4-3-5-9-14/h6-7,10-11,14,17H,3-5,8-9,12-13H2,1-2H3. The largest absolute Gasteiger partial charge is 0.374 e. The van der Waals surface area contributed by atoms with Crippen LogP contribution < -0.4 is 10.2 Å². The van der Waals surface area contributed by atoms with Crippen LogP contribution in [0.3, 0.4) is 0 Å². The molecule has 2 rings (SSSR count). The SMILES string of the molecule is CNCc1ccccc1N(C)CC1CCCCC1. The lowest BCUT2D eigenvalue weighted by atomic mass is 9.89. The van der Waals surface area contributed by atoms with E-state index < -0.39 is 0 Å². The molecular weight excluding hydrogens is 220 g/mol. The van der Waals surface area contributed by atoms with Crippen LogP contribution in [0.4, 0.5) is 5.69 Å². The van der Waals surface area contributed by atoms with Crippen molar-refractivity contribution in [2.45, 2.75) is 38.6 Å². The first kappa shape index (κ1) is 13.4. The second-order valence-electron chi connectivity index (χ2n) is 5.54. The van der Waals surface area contributed by atoms with E-state index in [9.17, 15) is 0 Å². The number of para-hydroxylation sites is 1. The van der Waals surface area contributed by atoms with Crippen molar-refractivity contribution in [3.8, 4) is 0 Å². The second kappa shape index (κ2) is 6.79. The highest BCUT2D eigenvalue weighted by Crippen LogP contribution is 2.27. The Morgan fingerprint density at radius 2 is 1.89 bits per heavy atom. The number of nitrogens with zero attached hydrogens (tertiary/aromatic N) is 1. The van der Waals surface area contributed by atoms with Crippen LogP contribution in [0.5, 0.6) is 0 Å². The maximum absolute atomic E-state index is 3.26. The summed E-state index contributed by atoms with van der Waals surface area (Å²) in [5.74, 6) is 0.895. The highest BCUT2D eigenvalue weighted by Gasteiger charge is 2.16. The lowest BCUT2D eigenvalue weighted by Gasteiger charge is -2.29. The number of rotatable bonds is 5. The van der Waals surface area contributed by atoms with Crippen LogP contribution in [0.25, 0.3) is 0 Å². The summed E-state index contributed by atoms with van der Waals surface area (Å²) in [5.41, 5.74) is 2.79. The van der Waals surface area contributed by atoms with Gasteiger partial charge in [0.1, 0.15) is 0 Å². The van der Waals surface area contributed by atoms with Crippen LogP contribution in [0.15, 0.2) is 24.3 Å². The van der Waals surface area contributed by atoms with E-state index in [2.05, 4.69) is 41.5 Å². The minimum Gasteiger partial charge on any atom is -0.374 e. The van der Waals surface area contributed by atoms with E-state index in [1.807, 2.05) is 7.05 Å². The molecule has 0 spiro atoms. The van der Waals surface area contributed by atoms with Gasteiger partial charge in [-0.25, -0.2) is 0 Å². The zero-order valence-electron chi connectivity index (χ0n) is 11.8. The van der Waals surface area contributed by atoms with Crippen LogP contribution in [-0.4, -0.2) is 20.6 Å². The molecule has 0 amide bonds. The predicted molar refractivity (Wildman–Crippen MR) is 79.1 cm³/mol. The summed E-state index contributed by atoms with van der Waals surface area (Å²) in [6, 6.07) is 8.75. The Labute approximate surface area is 111 Å². The van der Waals surface area contributed by atoms with Gasteiger partial charge in [0.25, 0.3) is 0 Å². The first-order valence-electron chi connectivity index (χ1n) is 7.25. The van der Waals surface area contributed by atoms with Gasteiger partial charge in [-0.1, -0.05) is 37.5 Å². The molecule has 1 saturated carbocycles. The van der Waals surface area contributed by atoms with Gasteiger partial charge in [-0.2, -0.15) is 0 Å². The van der Waals surface area contributed by atoms with Gasteiger partial charge in [0.2, 0.25) is 0 Å². The highest BCUT2D eigenvalue weighted by atomic mass is 15.1. The fraction of sp³-hybridized carbons (Fsp3) is 0.625. The van der Waals surface area contributed by atoms with E-state index in [0.717, 1.165) is 12.5 Å². The summed E-state index contributed by atoms with van der Waals surface area (Å²) >= 11 is 0. The molecule has 1 fully saturated rings. The van der Waals surface area contributed by atoms with Crippen LogP contribution in [-0.2, 0) is 6.54 Å². The Balaban J connectivity index is 2.00. The van der Waals surface area contributed by atoms with Crippen molar-refractivity contribution < 1.29 is 0 Å². The Hall–Kier alpha value is -1.02. The number of benzene rings is 1. The van der Waals surface area contributed by atoms with Crippen molar-refractivity contribution in [2.75, 3.05) is 25.5 Å². The monoisotopic (exact) mass is 246 g/mol. The van der Waals surface area contributed by atoms with E-state index in [0.29, 0.717) is 0 Å². The van der Waals surface area contributed by atoms with Gasteiger partial charge in [0, 0.05) is 25.8 Å². The summed E-state index contributed by atoms with van der Waals surface area (Å²) in [6.07, 6.45) is 7.13. The summed E-state index contributed by atoms with van der Waals surface area (Å²) in [4.78, 5) is 2.45. The lowest BCUT2D eigenvalue weighted by Crippen LogP contribution is -2.28. The number of hydrogen-bond acceptors (Lipinski definition) is 2. The normalized spacial score (nSPS) is 16.8. The van der Waals surface area contributed by atoms with Gasteiger partial charge < -0.3 is 10.2 Å². The summed E-state index contributed by atoms with van der Waals surface area (Å²) in [7, 11) is 4.25. The molecule has 1 aromatic rings. The van der Waals surface area contributed by atoms with E-state index >= 15 is 0 Å². The minimum absolute atomic E-state index is 0.895. The molecule has 0 unspecified atom stereocenters. The first-order valence-corrected chi connectivity index (χ1v) is 7.25. The Bertz CT molecular complexity index is 356. The molecule has 2 nitrogen and oxygen atoms in total. The number of hydrogen-bond donors (Lipinski definition) is 1. The minimum atomic E-state index is 0.895. The molecule has 0 bridgehead atoms. The van der Waals surface area contributed by atoms with Gasteiger partial charge in [-0.15, -0.1) is 0 Å². The Morgan fingerprint density at radius 3 is 2.61 bits per heavy atom. The maximum atomic E-state index is 3.26. The molecular formula is C16H26N2. The highest BCUT2D eigenvalue weighted by molar-refractivity contribution is 5.53. The maximum Gasteiger partial charge on any atom is 0.0409 e. The van der Waals surface area contributed by atoms with Crippen LogP contribution >= 0.6 is 0 Å². The van der Waals surface area contributed by atoms with Gasteiger partial charge >= 0.3 is 0 Å². The average Bonchev–Trinajstić information content (AvgIpc) is 2.41. The second-order valence-corrected chi connectivity index (χ2v) is 5.54. The van der Waals surface area contributed by atoms with Gasteiger partial charge in [-0.3, -0.25) is 0 Å². The van der Waals surface area contributed by atoms with E-state index in [4.69, 9.17) is 0 Å². The molecule has 1 aliphatic carbocycles. The first-order chi connectivity index (χ1) is 8.81. The third-order valence-corrected chi connectivity index (χ3v) is 4.03. The summed E-state index contributed by atoms with van der Waals surface area (Å²) in [6.45, 7) is 2.16. The molecule has 0 aromatic heterocycles. The van der Waals surface area contributed by atoms with E-state index in [1.54, 1.807) is 0 Å². The van der Waals surface area contributed by atoms with Gasteiger partial charge in [0.15, 0.2) is 0 Å². The lowest BCUT2D eigenvalue weighted by molar-refractivity contribution is 0.362. The molecule has 2 heteroatoms. The number of nitrogens with one attached hydrogen (secondary N) is 1. The summed E-state index contributed by atoms with van der Waals surface area (Å²) < 4.78 is 0. The molecule has 0 heterocycles. The van der Waals surface area contributed by atoms with Crippen molar-refractivity contribution in [2.24, 2.45) is 5.92 Å². The number of anilines is 1. The third kappa shape index (κ3) is 3.49. The van der Waals surface area contributed by atoms with Gasteiger partial charge in [0.05, 0.1) is 0 Å². The van der Waals surface area contributed by atoms with Crippen LogP contribution in [0.1, 0.15) is 37.7 Å². The molecule has 1 aromatic carbocycles. The molecule has 1 N–H and O–H groups in total. The van der Waals surface area contributed by atoms with Crippen molar-refractivity contribution in [3.63, 3.8) is 0 Å². The molecule has 0 atom stereocenters. The van der Waals surface area contributed by atoms with Crippen LogP contribution in [0, 0.1) is 5.92 Å². The molecule has 100 valence electrons. The quantitative estimate of drug-likeness (QED) is 0.856. The topological polar surface area (TPSA) is 15.3 Å². The van der Waals surface area contributed by atoms with Gasteiger partial charge in [-0.05, 0) is 37.4 Å². The van der Waals surface area contributed by atoms with Crippen molar-refractivity contribution in [1.82, 2.24) is 5.32 Å². The van der Waals surface area contributed by atoms with E-state index in [1.165, 1.54) is 49.9 Å². The smallest absolute Gasteiger partial charge is 0.0409 e. The fourth-order valence-electron chi connectivity index (χ4n) is 3.08. The zero-order valence-corrected chi connectivity index (χ0v) is 11.8.